The zero-order valence-electron chi connectivity index (χ0n) is 9.35. The summed E-state index contributed by atoms with van der Waals surface area (Å²) < 4.78 is 0. The molecule has 18 heavy (non-hydrogen) atoms. The quantitative estimate of drug-likeness (QED) is 0.827. The monoisotopic (exact) mass is 323 g/mol. The van der Waals surface area contributed by atoms with E-state index < -0.39 is 0 Å². The number of hydrogen-bond donors (Lipinski definition) is 1. The van der Waals surface area contributed by atoms with Crippen molar-refractivity contribution in [1.29, 1.82) is 0 Å². The number of nitrogens with zero attached hydrogens (tertiary/aromatic N) is 2. The lowest BCUT2D eigenvalue weighted by Gasteiger charge is -2.16. The molecule has 2 aromatic rings. The van der Waals surface area contributed by atoms with E-state index in [2.05, 4.69) is 15.4 Å². The lowest BCUT2D eigenvalue weighted by atomic mass is 9.96. The highest BCUT2D eigenvalue weighted by molar-refractivity contribution is 6.48. The Morgan fingerprint density at radius 1 is 1.17 bits per heavy atom. The van der Waals surface area contributed by atoms with Gasteiger partial charge < -0.3 is 0 Å². The molecule has 2 rings (SSSR count). The van der Waals surface area contributed by atoms with Gasteiger partial charge in [-0.05, 0) is 24.0 Å². The highest BCUT2D eigenvalue weighted by atomic mass is 35.5. The van der Waals surface area contributed by atoms with Crippen LogP contribution >= 0.6 is 46.4 Å². The van der Waals surface area contributed by atoms with Crippen LogP contribution in [0, 0.1) is 0 Å². The Labute approximate surface area is 124 Å². The molecule has 1 aromatic heterocycles. The molecule has 0 aliphatic heterocycles. The van der Waals surface area contributed by atoms with Crippen LogP contribution in [0.1, 0.15) is 24.1 Å². The summed E-state index contributed by atoms with van der Waals surface area (Å²) in [7, 11) is 0. The molecular weight excluding hydrogens is 316 g/mol. The van der Waals surface area contributed by atoms with Gasteiger partial charge in [-0.1, -0.05) is 53.3 Å². The molecular formula is C11H9Cl4N3. The molecule has 1 heterocycles. The minimum atomic E-state index is 0.0336. The summed E-state index contributed by atoms with van der Waals surface area (Å²) >= 11 is 24.4. The highest BCUT2D eigenvalue weighted by Gasteiger charge is 2.20. The fraction of sp³-hybridized carbons (Fsp3) is 0.273. The van der Waals surface area contributed by atoms with Crippen molar-refractivity contribution in [3.05, 3.63) is 43.6 Å². The maximum Gasteiger partial charge on any atom is 0.0830 e. The van der Waals surface area contributed by atoms with Crippen molar-refractivity contribution in [1.82, 2.24) is 15.4 Å². The molecule has 0 aliphatic carbocycles. The predicted octanol–water partition coefficient (Wildman–Crippen LogP) is 4.76. The second kappa shape index (κ2) is 5.66. The van der Waals surface area contributed by atoms with E-state index in [1.165, 1.54) is 0 Å². The first-order chi connectivity index (χ1) is 8.50. The molecule has 0 saturated carbocycles. The summed E-state index contributed by atoms with van der Waals surface area (Å²) in [6.45, 7) is 1.98. The average Bonchev–Trinajstić information content (AvgIpc) is 2.79. The lowest BCUT2D eigenvalue weighted by molar-refractivity contribution is 0.736. The van der Waals surface area contributed by atoms with E-state index in [1.54, 1.807) is 12.3 Å². The molecule has 0 bridgehead atoms. The van der Waals surface area contributed by atoms with E-state index in [0.29, 0.717) is 26.5 Å². The van der Waals surface area contributed by atoms with Gasteiger partial charge in [0.25, 0.3) is 0 Å². The molecule has 0 amide bonds. The fourth-order valence-corrected chi connectivity index (χ4v) is 2.96. The van der Waals surface area contributed by atoms with Crippen LogP contribution in [0.5, 0.6) is 0 Å². The normalized spacial score (nSPS) is 12.7. The molecule has 1 atom stereocenters. The summed E-state index contributed by atoms with van der Waals surface area (Å²) in [4.78, 5) is 0. The van der Waals surface area contributed by atoms with Crippen LogP contribution < -0.4 is 0 Å². The number of aromatic amines is 1. The van der Waals surface area contributed by atoms with E-state index in [4.69, 9.17) is 46.4 Å². The number of nitrogens with one attached hydrogen (secondary N) is 1. The molecule has 7 heteroatoms. The largest absolute Gasteiger partial charge is 0.198 e. The minimum absolute atomic E-state index is 0.0336. The average molecular weight is 325 g/mol. The molecule has 1 aromatic carbocycles. The molecule has 1 unspecified atom stereocenters. The number of halogens is 4. The van der Waals surface area contributed by atoms with Crippen molar-refractivity contribution in [2.24, 2.45) is 0 Å². The minimum Gasteiger partial charge on any atom is -0.198 e. The first-order valence-corrected chi connectivity index (χ1v) is 6.69. The second-order valence-corrected chi connectivity index (χ2v) is 5.52. The third-order valence-electron chi connectivity index (χ3n) is 2.62. The Balaban J connectivity index is 2.38. The summed E-state index contributed by atoms with van der Waals surface area (Å²) in [6.07, 6.45) is 2.30. The Hall–Kier alpha value is -0.480. The number of benzene rings is 1. The van der Waals surface area contributed by atoms with Gasteiger partial charge in [-0.3, -0.25) is 0 Å². The first-order valence-electron chi connectivity index (χ1n) is 5.18. The van der Waals surface area contributed by atoms with Crippen molar-refractivity contribution >= 4 is 46.4 Å². The van der Waals surface area contributed by atoms with E-state index in [9.17, 15) is 0 Å². The number of rotatable bonds is 3. The second-order valence-electron chi connectivity index (χ2n) is 3.95. The van der Waals surface area contributed by atoms with Gasteiger partial charge >= 0.3 is 0 Å². The molecule has 0 spiro atoms. The zero-order valence-corrected chi connectivity index (χ0v) is 12.4. The third-order valence-corrected chi connectivity index (χ3v) is 4.22. The van der Waals surface area contributed by atoms with Gasteiger partial charge in [0.15, 0.2) is 0 Å². The molecule has 96 valence electrons. The Bertz CT molecular complexity index is 528. The van der Waals surface area contributed by atoms with Crippen LogP contribution in [0.15, 0.2) is 12.3 Å². The molecule has 0 saturated heterocycles. The summed E-state index contributed by atoms with van der Waals surface area (Å²) in [5, 5.41) is 12.0. The van der Waals surface area contributed by atoms with E-state index in [-0.39, 0.29) is 5.92 Å². The molecule has 0 fully saturated rings. The van der Waals surface area contributed by atoms with E-state index in [1.807, 2.05) is 6.92 Å². The van der Waals surface area contributed by atoms with Crippen LogP contribution in [0.4, 0.5) is 0 Å². The third kappa shape index (κ3) is 2.75. The Morgan fingerprint density at radius 2 is 1.78 bits per heavy atom. The highest BCUT2D eigenvalue weighted by Crippen LogP contribution is 2.41. The summed E-state index contributed by atoms with van der Waals surface area (Å²) in [6, 6.07) is 1.54. The van der Waals surface area contributed by atoms with Crippen molar-refractivity contribution in [3.8, 4) is 0 Å². The number of hydrogen-bond acceptors (Lipinski definition) is 2. The van der Waals surface area contributed by atoms with Crippen LogP contribution in [0.3, 0.4) is 0 Å². The van der Waals surface area contributed by atoms with Crippen LogP contribution in [0.25, 0.3) is 0 Å². The van der Waals surface area contributed by atoms with Crippen LogP contribution in [-0.4, -0.2) is 15.4 Å². The van der Waals surface area contributed by atoms with E-state index >= 15 is 0 Å². The van der Waals surface area contributed by atoms with Crippen LogP contribution in [0.2, 0.25) is 20.1 Å². The van der Waals surface area contributed by atoms with Gasteiger partial charge in [0, 0.05) is 0 Å². The fourth-order valence-electron chi connectivity index (χ4n) is 1.76. The van der Waals surface area contributed by atoms with Gasteiger partial charge in [-0.15, -0.1) is 0 Å². The smallest absolute Gasteiger partial charge is 0.0830 e. The molecule has 3 nitrogen and oxygen atoms in total. The SMILES string of the molecule is CC(Cc1cn[nH]n1)c1c(Cl)c(Cl)cc(Cl)c1Cl. The summed E-state index contributed by atoms with van der Waals surface area (Å²) in [5.74, 6) is 0.0336. The van der Waals surface area contributed by atoms with Gasteiger partial charge in [-0.2, -0.15) is 15.4 Å². The zero-order chi connectivity index (χ0) is 13.3. The summed E-state index contributed by atoms with van der Waals surface area (Å²) in [5.41, 5.74) is 1.56. The van der Waals surface area contributed by atoms with Crippen molar-refractivity contribution in [2.75, 3.05) is 0 Å². The van der Waals surface area contributed by atoms with Crippen molar-refractivity contribution < 1.29 is 0 Å². The predicted molar refractivity (Wildman–Crippen MR) is 75.0 cm³/mol. The molecule has 0 aliphatic rings. The maximum absolute atomic E-state index is 6.19. The molecule has 0 radical (unpaired) electrons. The van der Waals surface area contributed by atoms with E-state index in [0.717, 1.165) is 11.3 Å². The number of H-pyrrole nitrogens is 1. The standard InChI is InChI=1S/C11H9Cl4N3/c1-5(2-6-4-16-18-17-6)9-10(14)7(12)3-8(13)11(9)15/h3-5H,2H2,1H3,(H,16,17,18). The molecule has 1 N–H and O–H groups in total. The number of aromatic nitrogens is 3. The van der Waals surface area contributed by atoms with Gasteiger partial charge in [0.2, 0.25) is 0 Å². The topological polar surface area (TPSA) is 41.6 Å². The first kappa shape index (κ1) is 13.9. The van der Waals surface area contributed by atoms with Crippen molar-refractivity contribution in [3.63, 3.8) is 0 Å². The van der Waals surface area contributed by atoms with Gasteiger partial charge in [0.05, 0.1) is 32.0 Å². The van der Waals surface area contributed by atoms with Gasteiger partial charge in [-0.25, -0.2) is 0 Å². The van der Waals surface area contributed by atoms with Gasteiger partial charge in [0.1, 0.15) is 0 Å². The van der Waals surface area contributed by atoms with Crippen molar-refractivity contribution in [2.45, 2.75) is 19.3 Å². The Kier molecular flexibility index (Phi) is 4.38. The van der Waals surface area contributed by atoms with Crippen LogP contribution in [-0.2, 0) is 6.42 Å². The maximum atomic E-state index is 6.19. The lowest BCUT2D eigenvalue weighted by Crippen LogP contribution is -2.02. The Morgan fingerprint density at radius 3 is 2.28 bits per heavy atom.